The standard InChI is InChI=1S/C20H25N3O2/c1-14(2)23-20(25)17-11-7-6-10-16(17)18(22-23)19(24)21-13-12-15-8-4-3-5-9-15/h6-8,10-11,14H,3-5,9,12-13H2,1-2H3,(H,21,24). The minimum absolute atomic E-state index is 0.101. The van der Waals surface area contributed by atoms with Crippen molar-refractivity contribution < 1.29 is 4.79 Å². The minimum Gasteiger partial charge on any atom is -0.350 e. The fraction of sp³-hybridized carbons (Fsp3) is 0.450. The second kappa shape index (κ2) is 7.64. The number of fused-ring (bicyclic) bond motifs is 1. The van der Waals surface area contributed by atoms with Crippen molar-refractivity contribution in [1.29, 1.82) is 0 Å². The van der Waals surface area contributed by atoms with Gasteiger partial charge in [0, 0.05) is 11.9 Å². The van der Waals surface area contributed by atoms with Crippen molar-refractivity contribution in [1.82, 2.24) is 15.1 Å². The largest absolute Gasteiger partial charge is 0.350 e. The van der Waals surface area contributed by atoms with Crippen molar-refractivity contribution >= 4 is 16.7 Å². The molecular weight excluding hydrogens is 314 g/mol. The Morgan fingerprint density at radius 2 is 2.00 bits per heavy atom. The molecule has 1 heterocycles. The van der Waals surface area contributed by atoms with Gasteiger partial charge < -0.3 is 5.32 Å². The highest BCUT2D eigenvalue weighted by Crippen LogP contribution is 2.19. The van der Waals surface area contributed by atoms with Crippen LogP contribution in [0.4, 0.5) is 0 Å². The number of nitrogens with one attached hydrogen (secondary N) is 1. The van der Waals surface area contributed by atoms with Gasteiger partial charge in [0.15, 0.2) is 5.69 Å². The molecule has 25 heavy (non-hydrogen) atoms. The summed E-state index contributed by atoms with van der Waals surface area (Å²) < 4.78 is 1.39. The van der Waals surface area contributed by atoms with Crippen LogP contribution in [0.15, 0.2) is 40.7 Å². The summed E-state index contributed by atoms with van der Waals surface area (Å²) in [4.78, 5) is 25.2. The SMILES string of the molecule is CC(C)n1nc(C(=O)NCCC2=CCCCC2)c2ccccc2c1=O. The van der Waals surface area contributed by atoms with Gasteiger partial charge in [-0.3, -0.25) is 9.59 Å². The number of nitrogens with zero attached hydrogens (tertiary/aromatic N) is 2. The maximum absolute atomic E-state index is 12.7. The highest BCUT2D eigenvalue weighted by molar-refractivity contribution is 6.04. The van der Waals surface area contributed by atoms with Crippen molar-refractivity contribution in [2.75, 3.05) is 6.54 Å². The summed E-state index contributed by atoms with van der Waals surface area (Å²) in [6.07, 6.45) is 7.97. The van der Waals surface area contributed by atoms with Gasteiger partial charge in [-0.1, -0.05) is 29.8 Å². The molecule has 0 saturated heterocycles. The van der Waals surface area contributed by atoms with E-state index in [2.05, 4.69) is 16.5 Å². The third-order valence-corrected chi connectivity index (χ3v) is 4.65. The van der Waals surface area contributed by atoms with Gasteiger partial charge in [-0.2, -0.15) is 5.10 Å². The molecule has 0 atom stereocenters. The first kappa shape index (κ1) is 17.4. The average molecular weight is 339 g/mol. The molecule has 5 nitrogen and oxygen atoms in total. The third-order valence-electron chi connectivity index (χ3n) is 4.65. The Kier molecular flexibility index (Phi) is 5.31. The van der Waals surface area contributed by atoms with Gasteiger partial charge in [0.1, 0.15) is 0 Å². The normalized spacial score (nSPS) is 14.6. The summed E-state index contributed by atoms with van der Waals surface area (Å²) in [5, 5.41) is 8.45. The van der Waals surface area contributed by atoms with Gasteiger partial charge in [0.2, 0.25) is 0 Å². The highest BCUT2D eigenvalue weighted by Gasteiger charge is 2.17. The maximum Gasteiger partial charge on any atom is 0.274 e. The lowest BCUT2D eigenvalue weighted by Gasteiger charge is -2.15. The van der Waals surface area contributed by atoms with Crippen LogP contribution < -0.4 is 10.9 Å². The van der Waals surface area contributed by atoms with Gasteiger partial charge in [0.25, 0.3) is 11.5 Å². The number of carbonyl (C=O) groups excluding carboxylic acids is 1. The van der Waals surface area contributed by atoms with Gasteiger partial charge in [-0.25, -0.2) is 4.68 Å². The summed E-state index contributed by atoms with van der Waals surface area (Å²) >= 11 is 0. The molecule has 0 bridgehead atoms. The smallest absolute Gasteiger partial charge is 0.274 e. The molecule has 132 valence electrons. The Morgan fingerprint density at radius 1 is 1.24 bits per heavy atom. The lowest BCUT2D eigenvalue weighted by atomic mass is 9.97. The zero-order chi connectivity index (χ0) is 17.8. The molecular formula is C20H25N3O2. The number of carbonyl (C=O) groups is 1. The van der Waals surface area contributed by atoms with E-state index in [9.17, 15) is 9.59 Å². The van der Waals surface area contributed by atoms with Crippen LogP contribution in [-0.2, 0) is 0 Å². The van der Waals surface area contributed by atoms with Crippen LogP contribution in [0.25, 0.3) is 10.8 Å². The molecule has 0 spiro atoms. The van der Waals surface area contributed by atoms with Crippen molar-refractivity contribution in [3.63, 3.8) is 0 Å². The molecule has 0 fully saturated rings. The van der Waals surface area contributed by atoms with Crippen LogP contribution in [0.2, 0.25) is 0 Å². The summed E-state index contributed by atoms with van der Waals surface area (Å²) in [5.41, 5.74) is 1.59. The number of amides is 1. The first-order valence-electron chi connectivity index (χ1n) is 9.05. The van der Waals surface area contributed by atoms with E-state index in [-0.39, 0.29) is 17.5 Å². The zero-order valence-electron chi connectivity index (χ0n) is 14.9. The molecule has 0 unspecified atom stereocenters. The fourth-order valence-electron chi connectivity index (χ4n) is 3.28. The number of allylic oxidation sites excluding steroid dienone is 1. The van der Waals surface area contributed by atoms with Crippen LogP contribution in [0, 0.1) is 0 Å². The molecule has 1 N–H and O–H groups in total. The Bertz CT molecular complexity index is 865. The molecule has 0 aliphatic heterocycles. The predicted octanol–water partition coefficient (Wildman–Crippen LogP) is 3.60. The Balaban J connectivity index is 1.84. The van der Waals surface area contributed by atoms with E-state index in [0.717, 1.165) is 19.3 Å². The Labute approximate surface area is 147 Å². The third kappa shape index (κ3) is 3.81. The number of benzene rings is 1. The molecule has 0 saturated carbocycles. The first-order valence-corrected chi connectivity index (χ1v) is 9.05. The average Bonchev–Trinajstić information content (AvgIpc) is 2.62. The van der Waals surface area contributed by atoms with E-state index in [1.165, 1.54) is 23.1 Å². The maximum atomic E-state index is 12.7. The first-order chi connectivity index (χ1) is 12.1. The topological polar surface area (TPSA) is 64.0 Å². The van der Waals surface area contributed by atoms with Crippen LogP contribution in [0.3, 0.4) is 0 Å². The van der Waals surface area contributed by atoms with E-state index in [4.69, 9.17) is 0 Å². The zero-order valence-corrected chi connectivity index (χ0v) is 14.9. The predicted molar refractivity (Wildman–Crippen MR) is 99.9 cm³/mol. The number of hydrogen-bond acceptors (Lipinski definition) is 3. The molecule has 5 heteroatoms. The van der Waals surface area contributed by atoms with Crippen LogP contribution in [0.5, 0.6) is 0 Å². The molecule has 1 aliphatic rings. The molecule has 1 aliphatic carbocycles. The molecule has 0 radical (unpaired) electrons. The lowest BCUT2D eigenvalue weighted by Crippen LogP contribution is -2.32. The van der Waals surface area contributed by atoms with Crippen molar-refractivity contribution in [3.05, 3.63) is 52.0 Å². The highest BCUT2D eigenvalue weighted by atomic mass is 16.2. The summed E-state index contributed by atoms with van der Waals surface area (Å²) in [5.74, 6) is -0.220. The van der Waals surface area contributed by atoms with Crippen LogP contribution in [0.1, 0.15) is 62.5 Å². The lowest BCUT2D eigenvalue weighted by molar-refractivity contribution is 0.0948. The van der Waals surface area contributed by atoms with Gasteiger partial charge in [0.05, 0.1) is 11.4 Å². The number of hydrogen-bond donors (Lipinski definition) is 1. The van der Waals surface area contributed by atoms with E-state index in [1.807, 2.05) is 26.0 Å². The Morgan fingerprint density at radius 3 is 2.68 bits per heavy atom. The van der Waals surface area contributed by atoms with Crippen molar-refractivity contribution in [3.8, 4) is 0 Å². The molecule has 1 aromatic carbocycles. The summed E-state index contributed by atoms with van der Waals surface area (Å²) in [6, 6.07) is 7.07. The van der Waals surface area contributed by atoms with E-state index >= 15 is 0 Å². The van der Waals surface area contributed by atoms with Gasteiger partial charge in [-0.15, -0.1) is 0 Å². The minimum atomic E-state index is -0.220. The second-order valence-electron chi connectivity index (χ2n) is 6.85. The van der Waals surface area contributed by atoms with Gasteiger partial charge in [-0.05, 0) is 52.0 Å². The Hall–Kier alpha value is -2.43. The van der Waals surface area contributed by atoms with Crippen molar-refractivity contribution in [2.45, 2.75) is 52.0 Å². The fourth-order valence-corrected chi connectivity index (χ4v) is 3.28. The second-order valence-corrected chi connectivity index (χ2v) is 6.85. The van der Waals surface area contributed by atoms with E-state index in [1.54, 1.807) is 12.1 Å². The summed E-state index contributed by atoms with van der Waals surface area (Å²) in [6.45, 7) is 4.38. The molecule has 1 aromatic heterocycles. The monoisotopic (exact) mass is 339 g/mol. The quantitative estimate of drug-likeness (QED) is 0.847. The molecule has 3 rings (SSSR count). The number of rotatable bonds is 5. The van der Waals surface area contributed by atoms with Crippen LogP contribution in [-0.4, -0.2) is 22.2 Å². The van der Waals surface area contributed by atoms with Crippen LogP contribution >= 0.6 is 0 Å². The molecule has 1 amide bonds. The van der Waals surface area contributed by atoms with E-state index in [0.29, 0.717) is 23.0 Å². The van der Waals surface area contributed by atoms with Crippen molar-refractivity contribution in [2.24, 2.45) is 0 Å². The van der Waals surface area contributed by atoms with Gasteiger partial charge >= 0.3 is 0 Å². The number of aromatic nitrogens is 2. The summed E-state index contributed by atoms with van der Waals surface area (Å²) in [7, 11) is 0. The molecule has 2 aromatic rings. The van der Waals surface area contributed by atoms with E-state index < -0.39 is 0 Å².